The minimum atomic E-state index is -0.431. The Morgan fingerprint density at radius 3 is 2.71 bits per heavy atom. The molecule has 0 atom stereocenters. The fraction of sp³-hybridized carbons (Fsp3) is 0.125. The van der Waals surface area contributed by atoms with E-state index < -0.39 is 5.82 Å². The molecule has 5 heteroatoms. The maximum Gasteiger partial charge on any atom is 0.165 e. The first-order chi connectivity index (χ1) is 10.1. The molecular weight excluding hydrogens is 269 g/mol. The van der Waals surface area contributed by atoms with Gasteiger partial charge < -0.3 is 9.30 Å². The van der Waals surface area contributed by atoms with Gasteiger partial charge in [0.2, 0.25) is 0 Å². The lowest BCUT2D eigenvalue weighted by Crippen LogP contribution is -1.94. The van der Waals surface area contributed by atoms with Crippen LogP contribution in [-0.4, -0.2) is 16.7 Å². The SMILES string of the molecule is COc1ccc(-c2nc3ccc(C#N)cc3n2C)cc1F. The molecule has 0 bridgehead atoms. The van der Waals surface area contributed by atoms with Crippen LogP contribution in [0.25, 0.3) is 22.4 Å². The van der Waals surface area contributed by atoms with Gasteiger partial charge in [0.05, 0.1) is 29.8 Å². The molecule has 0 aliphatic carbocycles. The number of aromatic nitrogens is 2. The average Bonchev–Trinajstić information content (AvgIpc) is 2.83. The molecule has 104 valence electrons. The molecular formula is C16H12FN3O. The zero-order valence-corrected chi connectivity index (χ0v) is 11.6. The molecule has 0 fully saturated rings. The third kappa shape index (κ3) is 2.11. The molecule has 4 nitrogen and oxygen atoms in total. The van der Waals surface area contributed by atoms with E-state index in [-0.39, 0.29) is 5.75 Å². The maximum absolute atomic E-state index is 13.8. The molecule has 0 amide bonds. The van der Waals surface area contributed by atoms with Crippen LogP contribution in [0, 0.1) is 17.1 Å². The van der Waals surface area contributed by atoms with E-state index in [9.17, 15) is 4.39 Å². The Kier molecular flexibility index (Phi) is 3.07. The van der Waals surface area contributed by atoms with Crippen molar-refractivity contribution in [2.45, 2.75) is 0 Å². The van der Waals surface area contributed by atoms with Crippen LogP contribution in [-0.2, 0) is 7.05 Å². The van der Waals surface area contributed by atoms with Gasteiger partial charge >= 0.3 is 0 Å². The molecule has 0 N–H and O–H groups in total. The number of ether oxygens (including phenoxy) is 1. The summed E-state index contributed by atoms with van der Waals surface area (Å²) in [5.74, 6) is 0.408. The van der Waals surface area contributed by atoms with E-state index in [1.165, 1.54) is 13.2 Å². The van der Waals surface area contributed by atoms with Crippen LogP contribution in [0.5, 0.6) is 5.75 Å². The summed E-state index contributed by atoms with van der Waals surface area (Å²) in [6, 6.07) is 12.1. The van der Waals surface area contributed by atoms with Crippen LogP contribution in [0.2, 0.25) is 0 Å². The molecule has 0 radical (unpaired) electrons. The van der Waals surface area contributed by atoms with Gasteiger partial charge in [-0.2, -0.15) is 5.26 Å². The first-order valence-electron chi connectivity index (χ1n) is 6.34. The van der Waals surface area contributed by atoms with E-state index in [1.807, 2.05) is 11.6 Å². The fourth-order valence-corrected chi connectivity index (χ4v) is 2.32. The number of benzene rings is 2. The van der Waals surface area contributed by atoms with E-state index in [4.69, 9.17) is 10.00 Å². The van der Waals surface area contributed by atoms with Gasteiger partial charge in [-0.25, -0.2) is 9.37 Å². The summed E-state index contributed by atoms with van der Waals surface area (Å²) in [7, 11) is 3.27. The molecule has 0 unspecified atom stereocenters. The zero-order valence-electron chi connectivity index (χ0n) is 11.6. The molecule has 21 heavy (non-hydrogen) atoms. The summed E-state index contributed by atoms with van der Waals surface area (Å²) < 4.78 is 20.6. The van der Waals surface area contributed by atoms with Gasteiger partial charge in [-0.3, -0.25) is 0 Å². The number of rotatable bonds is 2. The topological polar surface area (TPSA) is 50.8 Å². The van der Waals surface area contributed by atoms with E-state index >= 15 is 0 Å². The highest BCUT2D eigenvalue weighted by atomic mass is 19.1. The molecule has 2 aromatic carbocycles. The third-order valence-electron chi connectivity index (χ3n) is 3.42. The predicted octanol–water partition coefficient (Wildman–Crippen LogP) is 3.26. The monoisotopic (exact) mass is 281 g/mol. The van der Waals surface area contributed by atoms with E-state index in [2.05, 4.69) is 11.1 Å². The van der Waals surface area contributed by atoms with Crippen molar-refractivity contribution in [3.05, 3.63) is 47.8 Å². The van der Waals surface area contributed by atoms with Gasteiger partial charge in [0.1, 0.15) is 5.82 Å². The molecule has 0 aliphatic rings. The van der Waals surface area contributed by atoms with Crippen molar-refractivity contribution in [2.24, 2.45) is 7.05 Å². The number of hydrogen-bond acceptors (Lipinski definition) is 3. The number of fused-ring (bicyclic) bond motifs is 1. The molecule has 3 aromatic rings. The second-order valence-electron chi connectivity index (χ2n) is 4.66. The lowest BCUT2D eigenvalue weighted by Gasteiger charge is -2.05. The normalized spacial score (nSPS) is 10.6. The van der Waals surface area contributed by atoms with Gasteiger partial charge in [-0.15, -0.1) is 0 Å². The van der Waals surface area contributed by atoms with Gasteiger partial charge in [0.25, 0.3) is 0 Å². The van der Waals surface area contributed by atoms with Gasteiger partial charge in [0.15, 0.2) is 11.6 Å². The van der Waals surface area contributed by atoms with Crippen LogP contribution in [0.3, 0.4) is 0 Å². The first-order valence-corrected chi connectivity index (χ1v) is 6.34. The smallest absolute Gasteiger partial charge is 0.165 e. The molecule has 0 saturated heterocycles. The van der Waals surface area contributed by atoms with E-state index in [0.717, 1.165) is 11.0 Å². The molecule has 0 spiro atoms. The van der Waals surface area contributed by atoms with E-state index in [1.54, 1.807) is 30.3 Å². The second-order valence-corrected chi connectivity index (χ2v) is 4.66. The zero-order chi connectivity index (χ0) is 15.0. The minimum absolute atomic E-state index is 0.198. The highest BCUT2D eigenvalue weighted by molar-refractivity contribution is 5.81. The maximum atomic E-state index is 13.8. The van der Waals surface area contributed by atoms with Crippen LogP contribution in [0.15, 0.2) is 36.4 Å². The third-order valence-corrected chi connectivity index (χ3v) is 3.42. The van der Waals surface area contributed by atoms with Gasteiger partial charge in [-0.1, -0.05) is 0 Å². The summed E-state index contributed by atoms with van der Waals surface area (Å²) in [6.07, 6.45) is 0. The number of nitriles is 1. The molecule has 3 rings (SSSR count). The Hall–Kier alpha value is -2.87. The van der Waals surface area contributed by atoms with Crippen molar-refractivity contribution >= 4 is 11.0 Å². The summed E-state index contributed by atoms with van der Waals surface area (Å²) in [6.45, 7) is 0. The van der Waals surface area contributed by atoms with Crippen LogP contribution in [0.1, 0.15) is 5.56 Å². The van der Waals surface area contributed by atoms with E-state index in [0.29, 0.717) is 17.0 Å². The number of nitrogens with zero attached hydrogens (tertiary/aromatic N) is 3. The minimum Gasteiger partial charge on any atom is -0.494 e. The number of methoxy groups -OCH3 is 1. The molecule has 0 saturated carbocycles. The average molecular weight is 281 g/mol. The van der Waals surface area contributed by atoms with Gasteiger partial charge in [-0.05, 0) is 36.4 Å². The fourth-order valence-electron chi connectivity index (χ4n) is 2.32. The number of hydrogen-bond donors (Lipinski definition) is 0. The number of halogens is 1. The van der Waals surface area contributed by atoms with Crippen molar-refractivity contribution in [3.8, 4) is 23.2 Å². The highest BCUT2D eigenvalue weighted by Crippen LogP contribution is 2.27. The summed E-state index contributed by atoms with van der Waals surface area (Å²) >= 11 is 0. The summed E-state index contributed by atoms with van der Waals surface area (Å²) in [5, 5.41) is 8.96. The van der Waals surface area contributed by atoms with Crippen molar-refractivity contribution in [3.63, 3.8) is 0 Å². The van der Waals surface area contributed by atoms with Crippen molar-refractivity contribution in [2.75, 3.05) is 7.11 Å². The van der Waals surface area contributed by atoms with Crippen LogP contribution >= 0.6 is 0 Å². The summed E-state index contributed by atoms with van der Waals surface area (Å²) in [5.41, 5.74) is 2.83. The van der Waals surface area contributed by atoms with Gasteiger partial charge in [0, 0.05) is 12.6 Å². The van der Waals surface area contributed by atoms with Crippen molar-refractivity contribution < 1.29 is 9.13 Å². The predicted molar refractivity (Wildman–Crippen MR) is 77.4 cm³/mol. The van der Waals surface area contributed by atoms with Crippen molar-refractivity contribution in [1.29, 1.82) is 5.26 Å². The lowest BCUT2D eigenvalue weighted by molar-refractivity contribution is 0.386. The molecule has 1 aromatic heterocycles. The quantitative estimate of drug-likeness (QED) is 0.724. The Bertz CT molecular complexity index is 877. The summed E-state index contributed by atoms with van der Waals surface area (Å²) in [4.78, 5) is 4.50. The largest absolute Gasteiger partial charge is 0.494 e. The second kappa shape index (κ2) is 4.91. The Balaban J connectivity index is 2.19. The highest BCUT2D eigenvalue weighted by Gasteiger charge is 2.12. The standard InChI is InChI=1S/C16H12FN3O/c1-20-14-7-10(9-18)3-5-13(14)19-16(20)11-4-6-15(21-2)12(17)8-11/h3-8H,1-2H3. The lowest BCUT2D eigenvalue weighted by atomic mass is 10.2. The first kappa shape index (κ1) is 13.1. The Morgan fingerprint density at radius 1 is 1.24 bits per heavy atom. The van der Waals surface area contributed by atoms with Crippen LogP contribution in [0.4, 0.5) is 4.39 Å². The number of imidazole rings is 1. The molecule has 1 heterocycles. The Morgan fingerprint density at radius 2 is 2.05 bits per heavy atom. The van der Waals surface area contributed by atoms with Crippen LogP contribution < -0.4 is 4.74 Å². The van der Waals surface area contributed by atoms with Crippen molar-refractivity contribution in [1.82, 2.24) is 9.55 Å². The number of aryl methyl sites for hydroxylation is 1. The molecule has 0 aliphatic heterocycles. The Labute approximate surface area is 121 Å².